The number of rotatable bonds is 10. The first kappa shape index (κ1) is 22.1. The molecule has 1 heterocycles. The summed E-state index contributed by atoms with van der Waals surface area (Å²) in [6.07, 6.45) is -0.439. The van der Waals surface area contributed by atoms with Gasteiger partial charge in [0.25, 0.3) is 0 Å². The number of piperazine rings is 1. The van der Waals surface area contributed by atoms with Gasteiger partial charge in [0.2, 0.25) is 0 Å². The van der Waals surface area contributed by atoms with Crippen molar-refractivity contribution in [2.45, 2.75) is 32.3 Å². The standard InChI is InChI=1S/C21H36N2O4/c1-21(2,3)18-4-6-20(7-5-18)27-15-14-26-17-19(25)16-23-10-8-22(9-11-23)12-13-24/h4-7,19,24-25H,8-17H2,1-3H3/p+2/t19-/m1/s1. The molecule has 1 atom stereocenters. The van der Waals surface area contributed by atoms with Gasteiger partial charge < -0.3 is 29.5 Å². The Morgan fingerprint density at radius 1 is 1.00 bits per heavy atom. The minimum absolute atomic E-state index is 0.145. The number of hydrogen-bond donors (Lipinski definition) is 4. The summed E-state index contributed by atoms with van der Waals surface area (Å²) in [7, 11) is 0. The summed E-state index contributed by atoms with van der Waals surface area (Å²) < 4.78 is 11.3. The Balaban J connectivity index is 1.55. The largest absolute Gasteiger partial charge is 0.491 e. The van der Waals surface area contributed by atoms with E-state index in [-0.39, 0.29) is 12.0 Å². The van der Waals surface area contributed by atoms with Crippen LogP contribution in [-0.4, -0.2) is 82.0 Å². The number of nitrogens with one attached hydrogen (secondary N) is 2. The minimum Gasteiger partial charge on any atom is -0.491 e. The third kappa shape index (κ3) is 8.15. The lowest BCUT2D eigenvalue weighted by molar-refractivity contribution is -1.01. The van der Waals surface area contributed by atoms with Gasteiger partial charge in [0.1, 0.15) is 57.7 Å². The van der Waals surface area contributed by atoms with Crippen LogP contribution in [0.2, 0.25) is 0 Å². The van der Waals surface area contributed by atoms with E-state index in [0.717, 1.165) is 45.0 Å². The number of hydrogen-bond acceptors (Lipinski definition) is 4. The highest BCUT2D eigenvalue weighted by Crippen LogP contribution is 2.24. The zero-order valence-corrected chi connectivity index (χ0v) is 17.2. The molecule has 1 aliphatic rings. The summed E-state index contributed by atoms with van der Waals surface area (Å²) in [5.74, 6) is 0.847. The fourth-order valence-corrected chi connectivity index (χ4v) is 3.45. The quantitative estimate of drug-likeness (QED) is 0.373. The summed E-state index contributed by atoms with van der Waals surface area (Å²) in [5.41, 5.74) is 1.43. The second-order valence-electron chi connectivity index (χ2n) is 8.53. The second kappa shape index (κ2) is 11.0. The average Bonchev–Trinajstić information content (AvgIpc) is 2.63. The normalized spacial score (nSPS) is 21.8. The molecule has 27 heavy (non-hydrogen) atoms. The third-order valence-electron chi connectivity index (χ3n) is 5.18. The molecule has 4 N–H and O–H groups in total. The van der Waals surface area contributed by atoms with Gasteiger partial charge in [-0.2, -0.15) is 0 Å². The molecule has 0 bridgehead atoms. The van der Waals surface area contributed by atoms with Crippen LogP contribution in [0, 0.1) is 0 Å². The van der Waals surface area contributed by atoms with Crippen LogP contribution in [0.1, 0.15) is 26.3 Å². The second-order valence-corrected chi connectivity index (χ2v) is 8.53. The van der Waals surface area contributed by atoms with Crippen molar-refractivity contribution in [2.24, 2.45) is 0 Å². The van der Waals surface area contributed by atoms with Crippen molar-refractivity contribution in [3.05, 3.63) is 29.8 Å². The molecule has 2 rings (SSSR count). The molecular weight excluding hydrogens is 344 g/mol. The maximum absolute atomic E-state index is 10.2. The fraction of sp³-hybridized carbons (Fsp3) is 0.714. The number of aliphatic hydroxyl groups excluding tert-OH is 2. The molecule has 0 aromatic heterocycles. The SMILES string of the molecule is CC(C)(C)c1ccc(OCCOC[C@H](O)C[NH+]2CC[NH+](CCO)CC2)cc1. The zero-order valence-electron chi connectivity index (χ0n) is 17.2. The number of aliphatic hydroxyl groups is 2. The van der Waals surface area contributed by atoms with Gasteiger partial charge in [0.05, 0.1) is 19.8 Å². The maximum atomic E-state index is 10.2. The van der Waals surface area contributed by atoms with E-state index < -0.39 is 6.10 Å². The molecule has 1 fully saturated rings. The summed E-state index contributed by atoms with van der Waals surface area (Å²) in [6, 6.07) is 8.20. The third-order valence-corrected chi connectivity index (χ3v) is 5.18. The first-order valence-electron chi connectivity index (χ1n) is 10.2. The predicted octanol–water partition coefficient (Wildman–Crippen LogP) is -1.48. The molecule has 0 unspecified atom stereocenters. The Morgan fingerprint density at radius 2 is 1.63 bits per heavy atom. The van der Waals surface area contributed by atoms with Gasteiger partial charge in [0.15, 0.2) is 0 Å². The predicted molar refractivity (Wildman–Crippen MR) is 106 cm³/mol. The Kier molecular flexibility index (Phi) is 8.99. The fourth-order valence-electron chi connectivity index (χ4n) is 3.45. The van der Waals surface area contributed by atoms with E-state index in [1.54, 1.807) is 0 Å². The van der Waals surface area contributed by atoms with Gasteiger partial charge in [-0.05, 0) is 23.1 Å². The summed E-state index contributed by atoms with van der Waals surface area (Å²) in [5, 5.41) is 19.2. The first-order chi connectivity index (χ1) is 12.9. The minimum atomic E-state index is -0.439. The van der Waals surface area contributed by atoms with Crippen molar-refractivity contribution in [2.75, 3.05) is 65.7 Å². The van der Waals surface area contributed by atoms with Crippen LogP contribution >= 0.6 is 0 Å². The van der Waals surface area contributed by atoms with Gasteiger partial charge in [0, 0.05) is 0 Å². The molecule has 0 amide bonds. The summed E-state index contributed by atoms with van der Waals surface area (Å²) in [4.78, 5) is 2.88. The van der Waals surface area contributed by atoms with Crippen LogP contribution < -0.4 is 14.5 Å². The van der Waals surface area contributed by atoms with Crippen molar-refractivity contribution in [1.29, 1.82) is 0 Å². The summed E-state index contributed by atoms with van der Waals surface area (Å²) in [6.45, 7) is 13.9. The topological polar surface area (TPSA) is 67.8 Å². The van der Waals surface area contributed by atoms with Crippen molar-refractivity contribution in [3.63, 3.8) is 0 Å². The van der Waals surface area contributed by atoms with Crippen molar-refractivity contribution in [3.8, 4) is 5.75 Å². The molecule has 154 valence electrons. The lowest BCUT2D eigenvalue weighted by Crippen LogP contribution is -3.28. The lowest BCUT2D eigenvalue weighted by atomic mass is 9.87. The van der Waals surface area contributed by atoms with Gasteiger partial charge in [-0.25, -0.2) is 0 Å². The maximum Gasteiger partial charge on any atom is 0.127 e. The Bertz CT molecular complexity index is 522. The van der Waals surface area contributed by atoms with E-state index in [0.29, 0.717) is 19.8 Å². The molecule has 1 aromatic rings. The number of quaternary nitrogens is 2. The molecule has 1 saturated heterocycles. The van der Waals surface area contributed by atoms with Crippen LogP contribution in [-0.2, 0) is 10.2 Å². The molecule has 1 aromatic carbocycles. The molecular formula is C21H38N2O4+2. The highest BCUT2D eigenvalue weighted by molar-refractivity contribution is 5.31. The Morgan fingerprint density at radius 3 is 2.22 bits per heavy atom. The molecule has 0 radical (unpaired) electrons. The Labute approximate surface area is 163 Å². The Hall–Kier alpha value is -1.18. The van der Waals surface area contributed by atoms with Crippen LogP contribution in [0.3, 0.4) is 0 Å². The van der Waals surface area contributed by atoms with Crippen LogP contribution in [0.25, 0.3) is 0 Å². The molecule has 0 spiro atoms. The highest BCUT2D eigenvalue weighted by atomic mass is 16.5. The van der Waals surface area contributed by atoms with E-state index in [9.17, 15) is 5.11 Å². The van der Waals surface area contributed by atoms with Crippen LogP contribution in [0.4, 0.5) is 0 Å². The van der Waals surface area contributed by atoms with E-state index in [1.807, 2.05) is 12.1 Å². The van der Waals surface area contributed by atoms with E-state index in [2.05, 4.69) is 32.9 Å². The lowest BCUT2D eigenvalue weighted by Gasteiger charge is -2.30. The molecule has 6 nitrogen and oxygen atoms in total. The van der Waals surface area contributed by atoms with E-state index >= 15 is 0 Å². The van der Waals surface area contributed by atoms with Crippen LogP contribution in [0.5, 0.6) is 5.75 Å². The first-order valence-corrected chi connectivity index (χ1v) is 10.2. The van der Waals surface area contributed by atoms with Gasteiger partial charge >= 0.3 is 0 Å². The van der Waals surface area contributed by atoms with Gasteiger partial charge in [-0.1, -0.05) is 32.9 Å². The van der Waals surface area contributed by atoms with Gasteiger partial charge in [-0.15, -0.1) is 0 Å². The number of benzene rings is 1. The molecule has 0 aliphatic carbocycles. The summed E-state index contributed by atoms with van der Waals surface area (Å²) >= 11 is 0. The zero-order chi connectivity index (χ0) is 19.7. The average molecular weight is 383 g/mol. The van der Waals surface area contributed by atoms with Crippen molar-refractivity contribution >= 4 is 0 Å². The van der Waals surface area contributed by atoms with Gasteiger partial charge in [-0.3, -0.25) is 0 Å². The van der Waals surface area contributed by atoms with Crippen molar-refractivity contribution < 1.29 is 29.5 Å². The van der Waals surface area contributed by atoms with E-state index in [4.69, 9.17) is 14.6 Å². The smallest absolute Gasteiger partial charge is 0.127 e. The molecule has 0 saturated carbocycles. The molecule has 6 heteroatoms. The van der Waals surface area contributed by atoms with Crippen LogP contribution in [0.15, 0.2) is 24.3 Å². The van der Waals surface area contributed by atoms with E-state index in [1.165, 1.54) is 15.4 Å². The van der Waals surface area contributed by atoms with Crippen molar-refractivity contribution in [1.82, 2.24) is 0 Å². The number of ether oxygens (including phenoxy) is 2. The highest BCUT2D eigenvalue weighted by Gasteiger charge is 2.24. The molecule has 1 aliphatic heterocycles. The monoisotopic (exact) mass is 382 g/mol.